The lowest BCUT2D eigenvalue weighted by Crippen LogP contribution is -2.49. The smallest absolute Gasteiger partial charge is 0.320 e. The molecule has 0 radical (unpaired) electrons. The minimum atomic E-state index is -0.471. The third-order valence-corrected chi connectivity index (χ3v) is 4.11. The normalized spacial score (nSPS) is 16.4. The van der Waals surface area contributed by atoms with Gasteiger partial charge in [-0.2, -0.15) is 0 Å². The molecule has 132 valence electrons. The summed E-state index contributed by atoms with van der Waals surface area (Å²) in [6, 6.07) is 6.75. The lowest BCUT2D eigenvalue weighted by molar-refractivity contribution is -0.149. The van der Waals surface area contributed by atoms with Crippen LogP contribution in [0.15, 0.2) is 24.3 Å². The van der Waals surface area contributed by atoms with Gasteiger partial charge in [0.2, 0.25) is 0 Å². The number of amides is 2. The number of hydrogen-bond donors (Lipinski definition) is 1. The van der Waals surface area contributed by atoms with Crippen molar-refractivity contribution in [2.45, 2.75) is 32.9 Å². The lowest BCUT2D eigenvalue weighted by Gasteiger charge is -2.31. The van der Waals surface area contributed by atoms with Gasteiger partial charge in [-0.1, -0.05) is 11.6 Å². The Hall–Kier alpha value is -1.95. The predicted molar refractivity (Wildman–Crippen MR) is 91.0 cm³/mol. The number of likely N-dealkylation sites (tertiary alicyclic amines) is 1. The van der Waals surface area contributed by atoms with Crippen LogP contribution in [0, 0.1) is 5.92 Å². The average molecular weight is 355 g/mol. The number of esters is 1. The topological polar surface area (TPSA) is 67.9 Å². The van der Waals surface area contributed by atoms with E-state index >= 15 is 0 Å². The molecule has 1 N–H and O–H groups in total. The minimum Gasteiger partial charge on any atom is -0.471 e. The van der Waals surface area contributed by atoms with Crippen molar-refractivity contribution in [1.29, 1.82) is 0 Å². The average Bonchev–Trinajstić information content (AvgIpc) is 2.57. The van der Waals surface area contributed by atoms with E-state index in [0.717, 1.165) is 0 Å². The van der Waals surface area contributed by atoms with Crippen molar-refractivity contribution in [2.24, 2.45) is 5.92 Å². The number of hydrogen-bond acceptors (Lipinski definition) is 4. The van der Waals surface area contributed by atoms with E-state index in [1.54, 1.807) is 43.0 Å². The van der Waals surface area contributed by atoms with E-state index in [1.807, 2.05) is 0 Å². The first-order valence-corrected chi connectivity index (χ1v) is 8.51. The number of halogens is 1. The summed E-state index contributed by atoms with van der Waals surface area (Å²) in [6.07, 6.45) is 0.776. The fourth-order valence-corrected chi connectivity index (χ4v) is 2.72. The van der Waals surface area contributed by atoms with Gasteiger partial charge >= 0.3 is 12.0 Å². The molecule has 1 atom stereocenters. The molecule has 1 heterocycles. The largest absolute Gasteiger partial charge is 0.471 e. The van der Waals surface area contributed by atoms with Crippen molar-refractivity contribution in [3.63, 3.8) is 0 Å². The number of rotatable bonds is 5. The summed E-state index contributed by atoms with van der Waals surface area (Å²) in [5.41, 5.74) is 0. The maximum Gasteiger partial charge on any atom is 0.320 e. The maximum atomic E-state index is 12.3. The Kier molecular flexibility index (Phi) is 6.73. The van der Waals surface area contributed by atoms with Gasteiger partial charge in [-0.05, 0) is 51.0 Å². The molecule has 1 aromatic rings. The summed E-state index contributed by atoms with van der Waals surface area (Å²) in [5, 5.41) is 3.43. The fraction of sp³-hybridized carbons (Fsp3) is 0.529. The molecule has 1 aliphatic rings. The van der Waals surface area contributed by atoms with Crippen LogP contribution in [-0.2, 0) is 9.53 Å². The van der Waals surface area contributed by atoms with Crippen molar-refractivity contribution in [3.8, 4) is 5.75 Å². The van der Waals surface area contributed by atoms with Gasteiger partial charge in [0, 0.05) is 18.1 Å². The van der Waals surface area contributed by atoms with E-state index in [1.165, 1.54) is 0 Å². The molecule has 1 aromatic carbocycles. The Bertz CT molecular complexity index is 556. The number of carbonyl (C=O) groups is 2. The number of carbonyl (C=O) groups excluding carboxylic acids is 2. The summed E-state index contributed by atoms with van der Waals surface area (Å²) < 4.78 is 10.7. The molecule has 6 nitrogen and oxygen atoms in total. The van der Waals surface area contributed by atoms with Gasteiger partial charge in [-0.25, -0.2) is 4.79 Å². The molecule has 0 spiro atoms. The number of nitrogens with one attached hydrogen (secondary N) is 1. The predicted octanol–water partition coefficient (Wildman–Crippen LogP) is 3.05. The Morgan fingerprint density at radius 1 is 1.29 bits per heavy atom. The van der Waals surface area contributed by atoms with Crippen molar-refractivity contribution in [2.75, 3.05) is 19.7 Å². The van der Waals surface area contributed by atoms with Crippen LogP contribution in [0.3, 0.4) is 0 Å². The van der Waals surface area contributed by atoms with Crippen molar-refractivity contribution >= 4 is 23.6 Å². The monoisotopic (exact) mass is 354 g/mol. The van der Waals surface area contributed by atoms with Gasteiger partial charge < -0.3 is 19.7 Å². The van der Waals surface area contributed by atoms with Crippen LogP contribution in [0.1, 0.15) is 26.7 Å². The van der Waals surface area contributed by atoms with Crippen LogP contribution >= 0.6 is 11.6 Å². The summed E-state index contributed by atoms with van der Waals surface area (Å²) in [7, 11) is 0. The molecule has 1 saturated heterocycles. The number of urea groups is 1. The van der Waals surface area contributed by atoms with Crippen LogP contribution in [0.5, 0.6) is 5.75 Å². The van der Waals surface area contributed by atoms with Crippen molar-refractivity contribution < 1.29 is 19.1 Å². The SMILES string of the molecule is CCOC(=O)C1CCN(C(=O)NC(C)Oc2ccc(Cl)cc2)CC1. The van der Waals surface area contributed by atoms with E-state index in [9.17, 15) is 9.59 Å². The first kappa shape index (κ1) is 18.4. The summed E-state index contributed by atoms with van der Waals surface area (Å²) in [5.74, 6) is 0.349. The second-order valence-electron chi connectivity index (χ2n) is 5.68. The second-order valence-corrected chi connectivity index (χ2v) is 6.11. The first-order chi connectivity index (χ1) is 11.5. The van der Waals surface area contributed by atoms with Crippen molar-refractivity contribution in [3.05, 3.63) is 29.3 Å². The highest BCUT2D eigenvalue weighted by Crippen LogP contribution is 2.19. The zero-order valence-corrected chi connectivity index (χ0v) is 14.7. The number of benzene rings is 1. The highest BCUT2D eigenvalue weighted by atomic mass is 35.5. The first-order valence-electron chi connectivity index (χ1n) is 8.14. The standard InChI is InChI=1S/C17H23ClN2O4/c1-3-23-16(21)13-8-10-20(11-9-13)17(22)19-12(2)24-15-6-4-14(18)5-7-15/h4-7,12-13H,3,8-11H2,1-2H3,(H,19,22). The molecular weight excluding hydrogens is 332 g/mol. The Labute approximate surface area is 147 Å². The second kappa shape index (κ2) is 8.78. The number of piperidine rings is 1. The van der Waals surface area contributed by atoms with E-state index in [-0.39, 0.29) is 17.9 Å². The fourth-order valence-electron chi connectivity index (χ4n) is 2.59. The molecule has 0 saturated carbocycles. The molecule has 1 aliphatic heterocycles. The Balaban J connectivity index is 1.76. The van der Waals surface area contributed by atoms with E-state index < -0.39 is 6.23 Å². The van der Waals surface area contributed by atoms with E-state index in [4.69, 9.17) is 21.1 Å². The van der Waals surface area contributed by atoms with E-state index in [2.05, 4.69) is 5.32 Å². The zero-order valence-electron chi connectivity index (χ0n) is 14.0. The molecule has 7 heteroatoms. The number of ether oxygens (including phenoxy) is 2. The summed E-state index contributed by atoms with van der Waals surface area (Å²) in [4.78, 5) is 25.7. The van der Waals surface area contributed by atoms with Crippen LogP contribution in [0.2, 0.25) is 5.02 Å². The highest BCUT2D eigenvalue weighted by molar-refractivity contribution is 6.30. The van der Waals surface area contributed by atoms with Crippen LogP contribution in [0.25, 0.3) is 0 Å². The molecule has 0 aromatic heterocycles. The molecular formula is C17H23ClN2O4. The zero-order chi connectivity index (χ0) is 17.5. The third-order valence-electron chi connectivity index (χ3n) is 3.86. The molecule has 2 rings (SSSR count). The van der Waals surface area contributed by atoms with Crippen molar-refractivity contribution in [1.82, 2.24) is 10.2 Å². The minimum absolute atomic E-state index is 0.114. The maximum absolute atomic E-state index is 12.3. The molecule has 1 fully saturated rings. The lowest BCUT2D eigenvalue weighted by atomic mass is 9.97. The van der Waals surface area contributed by atoms with Gasteiger partial charge in [-0.3, -0.25) is 4.79 Å². The molecule has 0 aliphatic carbocycles. The van der Waals surface area contributed by atoms with Gasteiger partial charge in [-0.15, -0.1) is 0 Å². The quantitative estimate of drug-likeness (QED) is 0.652. The molecule has 0 bridgehead atoms. The van der Waals surface area contributed by atoms with Crippen LogP contribution in [0.4, 0.5) is 4.79 Å². The molecule has 24 heavy (non-hydrogen) atoms. The molecule has 2 amide bonds. The third kappa shape index (κ3) is 5.30. The Morgan fingerprint density at radius 2 is 1.92 bits per heavy atom. The van der Waals surface area contributed by atoms with Crippen LogP contribution in [-0.4, -0.2) is 42.8 Å². The number of nitrogens with zero attached hydrogens (tertiary/aromatic N) is 1. The van der Waals surface area contributed by atoms with Gasteiger partial charge in [0.25, 0.3) is 0 Å². The van der Waals surface area contributed by atoms with Crippen LogP contribution < -0.4 is 10.1 Å². The van der Waals surface area contributed by atoms with Gasteiger partial charge in [0.05, 0.1) is 12.5 Å². The summed E-state index contributed by atoms with van der Waals surface area (Å²) >= 11 is 5.82. The van der Waals surface area contributed by atoms with Gasteiger partial charge in [0.1, 0.15) is 5.75 Å². The Morgan fingerprint density at radius 3 is 2.50 bits per heavy atom. The van der Waals surface area contributed by atoms with E-state index in [0.29, 0.717) is 43.3 Å². The summed E-state index contributed by atoms with van der Waals surface area (Å²) in [6.45, 7) is 5.01. The van der Waals surface area contributed by atoms with Gasteiger partial charge in [0.15, 0.2) is 6.23 Å². The highest BCUT2D eigenvalue weighted by Gasteiger charge is 2.28. The molecule has 1 unspecified atom stereocenters.